The van der Waals surface area contributed by atoms with E-state index in [4.69, 9.17) is 32.7 Å². The maximum Gasteiger partial charge on any atom is 0.264 e. The Morgan fingerprint density at radius 3 is 2.02 bits per heavy atom. The highest BCUT2D eigenvalue weighted by Crippen LogP contribution is 2.32. The number of rotatable bonds is 10. The van der Waals surface area contributed by atoms with Crippen molar-refractivity contribution in [3.63, 3.8) is 0 Å². The number of benzene rings is 4. The molecule has 15 heteroatoms. The van der Waals surface area contributed by atoms with Gasteiger partial charge in [0, 0.05) is 35.2 Å². The molecule has 1 amide bonds. The molecule has 1 saturated heterocycles. The van der Waals surface area contributed by atoms with Gasteiger partial charge in [-0.1, -0.05) is 23.2 Å². The summed E-state index contributed by atoms with van der Waals surface area (Å²) >= 11 is 12.2. The molecule has 5 rings (SSSR count). The monoisotopic (exact) mass is 690 g/mol. The van der Waals surface area contributed by atoms with E-state index >= 15 is 0 Å². The fourth-order valence-corrected chi connectivity index (χ4v) is 7.24. The molecule has 0 spiro atoms. The molecule has 1 heterocycles. The Kier molecular flexibility index (Phi) is 9.75. The van der Waals surface area contributed by atoms with Gasteiger partial charge in [-0.25, -0.2) is 16.8 Å². The van der Waals surface area contributed by atoms with E-state index in [1.165, 1.54) is 49.6 Å². The molecule has 3 N–H and O–H groups in total. The molecule has 0 aliphatic carbocycles. The SMILES string of the molecule is COc1ccc(NS(=O)(=O)c2cc(NC(=O)c3cc(S(=O)(=O)Nc4ccc(Cl)cc4)ccc3Cl)ccc2N2CCOCC2)cc1. The Labute approximate surface area is 271 Å². The molecule has 0 aromatic heterocycles. The van der Waals surface area contributed by atoms with E-state index in [0.717, 1.165) is 6.07 Å². The fraction of sp³-hybridized carbons (Fsp3) is 0.167. The lowest BCUT2D eigenvalue weighted by Gasteiger charge is -2.30. The first-order valence-corrected chi connectivity index (χ1v) is 17.2. The summed E-state index contributed by atoms with van der Waals surface area (Å²) in [5.41, 5.74) is 1.04. The van der Waals surface area contributed by atoms with Gasteiger partial charge in [0.15, 0.2) is 0 Å². The molecule has 4 aromatic carbocycles. The van der Waals surface area contributed by atoms with Crippen molar-refractivity contribution in [2.75, 3.05) is 53.1 Å². The normalized spacial score (nSPS) is 13.6. The number of carbonyl (C=O) groups excluding carboxylic acids is 1. The highest BCUT2D eigenvalue weighted by molar-refractivity contribution is 7.93. The van der Waals surface area contributed by atoms with Crippen LogP contribution in [0.3, 0.4) is 0 Å². The maximum absolute atomic E-state index is 13.7. The van der Waals surface area contributed by atoms with Crippen LogP contribution in [0.4, 0.5) is 22.7 Å². The van der Waals surface area contributed by atoms with Gasteiger partial charge < -0.3 is 19.7 Å². The van der Waals surface area contributed by atoms with Gasteiger partial charge >= 0.3 is 0 Å². The standard InChI is InChI=1S/C30H28Cl2N4O7S2/c1-42-24-9-6-22(7-10-24)35-45(40,41)29-18-23(8-13-28(29)36-14-16-43-17-15-36)33-30(37)26-19-25(11-12-27(26)32)44(38,39)34-21-4-2-20(31)3-5-21/h2-13,18-19,34-35H,14-17H2,1H3,(H,33,37). The third-order valence-electron chi connectivity index (χ3n) is 6.79. The highest BCUT2D eigenvalue weighted by atomic mass is 35.5. The van der Waals surface area contributed by atoms with Crippen LogP contribution in [0, 0.1) is 0 Å². The highest BCUT2D eigenvalue weighted by Gasteiger charge is 2.25. The van der Waals surface area contributed by atoms with Crippen LogP contribution in [0.25, 0.3) is 0 Å². The smallest absolute Gasteiger partial charge is 0.264 e. The molecular formula is C30H28Cl2N4O7S2. The van der Waals surface area contributed by atoms with Crippen molar-refractivity contribution in [3.05, 3.63) is 101 Å². The first-order chi connectivity index (χ1) is 21.4. The number of ether oxygens (including phenoxy) is 2. The average molecular weight is 692 g/mol. The van der Waals surface area contributed by atoms with Gasteiger partial charge in [-0.2, -0.15) is 0 Å². The zero-order valence-corrected chi connectivity index (χ0v) is 26.9. The molecule has 11 nitrogen and oxygen atoms in total. The summed E-state index contributed by atoms with van der Waals surface area (Å²) in [5.74, 6) is -0.179. The lowest BCUT2D eigenvalue weighted by atomic mass is 10.2. The molecule has 1 fully saturated rings. The van der Waals surface area contributed by atoms with E-state index < -0.39 is 26.0 Å². The zero-order chi connectivity index (χ0) is 32.2. The molecule has 0 atom stereocenters. The predicted molar refractivity (Wildman–Crippen MR) is 175 cm³/mol. The minimum absolute atomic E-state index is 0.00287. The largest absolute Gasteiger partial charge is 0.497 e. The van der Waals surface area contributed by atoms with Crippen LogP contribution >= 0.6 is 23.2 Å². The van der Waals surface area contributed by atoms with E-state index in [9.17, 15) is 21.6 Å². The third kappa shape index (κ3) is 7.81. The number of carbonyl (C=O) groups is 1. The number of morpholine rings is 1. The van der Waals surface area contributed by atoms with E-state index in [2.05, 4.69) is 14.8 Å². The summed E-state index contributed by atoms with van der Waals surface area (Å²) in [6.45, 7) is 1.79. The second-order valence-corrected chi connectivity index (χ2v) is 14.0. The lowest BCUT2D eigenvalue weighted by molar-refractivity contribution is 0.102. The molecule has 0 bridgehead atoms. The number of amides is 1. The fourth-order valence-electron chi connectivity index (χ4n) is 4.52. The molecule has 45 heavy (non-hydrogen) atoms. The summed E-state index contributed by atoms with van der Waals surface area (Å²) < 4.78 is 69.1. The Bertz CT molecular complexity index is 1920. The summed E-state index contributed by atoms with van der Waals surface area (Å²) in [7, 11) is -6.73. The van der Waals surface area contributed by atoms with Gasteiger partial charge in [0.1, 0.15) is 10.6 Å². The number of methoxy groups -OCH3 is 1. The minimum atomic E-state index is -4.15. The van der Waals surface area contributed by atoms with Crippen molar-refractivity contribution in [1.82, 2.24) is 0 Å². The van der Waals surface area contributed by atoms with Crippen LogP contribution < -0.4 is 24.4 Å². The third-order valence-corrected chi connectivity index (χ3v) is 10.2. The Morgan fingerprint density at radius 1 is 0.778 bits per heavy atom. The number of halogens is 2. The Morgan fingerprint density at radius 2 is 1.38 bits per heavy atom. The van der Waals surface area contributed by atoms with E-state index in [1.54, 1.807) is 36.4 Å². The first-order valence-electron chi connectivity index (χ1n) is 13.5. The molecule has 236 valence electrons. The topological polar surface area (TPSA) is 143 Å². The number of anilines is 4. The molecule has 1 aliphatic heterocycles. The summed E-state index contributed by atoms with van der Waals surface area (Å²) in [5, 5.41) is 3.09. The van der Waals surface area contributed by atoms with Crippen molar-refractivity contribution >= 4 is 71.9 Å². The van der Waals surface area contributed by atoms with E-state index in [-0.39, 0.29) is 31.8 Å². The minimum Gasteiger partial charge on any atom is -0.497 e. The van der Waals surface area contributed by atoms with Gasteiger partial charge in [0.2, 0.25) is 0 Å². The van der Waals surface area contributed by atoms with E-state index in [0.29, 0.717) is 48.5 Å². The summed E-state index contributed by atoms with van der Waals surface area (Å²) in [6.07, 6.45) is 0. The quantitative estimate of drug-likeness (QED) is 0.193. The number of sulfonamides is 2. The van der Waals surface area contributed by atoms with Gasteiger partial charge in [0.05, 0.1) is 41.5 Å². The van der Waals surface area contributed by atoms with Crippen LogP contribution in [0.1, 0.15) is 10.4 Å². The number of hydrogen-bond acceptors (Lipinski definition) is 8. The van der Waals surface area contributed by atoms with Crippen molar-refractivity contribution in [1.29, 1.82) is 0 Å². The van der Waals surface area contributed by atoms with Crippen molar-refractivity contribution < 1.29 is 31.1 Å². The maximum atomic E-state index is 13.7. The van der Waals surface area contributed by atoms with Crippen molar-refractivity contribution in [2.45, 2.75) is 9.79 Å². The number of nitrogens with zero attached hydrogens (tertiary/aromatic N) is 1. The second-order valence-electron chi connectivity index (χ2n) is 9.82. The van der Waals surface area contributed by atoms with Gasteiger partial charge in [0.25, 0.3) is 26.0 Å². The molecule has 4 aromatic rings. The first kappa shape index (κ1) is 32.4. The Hall–Kier alpha value is -4.01. The average Bonchev–Trinajstić information content (AvgIpc) is 3.02. The van der Waals surface area contributed by atoms with Crippen LogP contribution in [0.15, 0.2) is 94.7 Å². The molecule has 0 saturated carbocycles. The van der Waals surface area contributed by atoms with Gasteiger partial charge in [-0.3, -0.25) is 14.2 Å². The lowest BCUT2D eigenvalue weighted by Crippen LogP contribution is -2.37. The van der Waals surface area contributed by atoms with Crippen LogP contribution in [-0.2, 0) is 24.8 Å². The van der Waals surface area contributed by atoms with Crippen LogP contribution in [0.5, 0.6) is 5.75 Å². The zero-order valence-electron chi connectivity index (χ0n) is 23.8. The molecule has 0 radical (unpaired) electrons. The molecule has 1 aliphatic rings. The molecular weight excluding hydrogens is 663 g/mol. The summed E-state index contributed by atoms with van der Waals surface area (Å²) in [4.78, 5) is 15.0. The predicted octanol–water partition coefficient (Wildman–Crippen LogP) is 5.69. The van der Waals surface area contributed by atoms with Crippen molar-refractivity contribution in [2.24, 2.45) is 0 Å². The van der Waals surface area contributed by atoms with E-state index in [1.807, 2.05) is 4.90 Å². The van der Waals surface area contributed by atoms with Crippen LogP contribution in [-0.4, -0.2) is 56.2 Å². The summed E-state index contributed by atoms with van der Waals surface area (Å²) in [6, 6.07) is 20.7. The second kappa shape index (κ2) is 13.5. The molecule has 0 unspecified atom stereocenters. The van der Waals surface area contributed by atoms with Gasteiger partial charge in [-0.05, 0) is 84.9 Å². The van der Waals surface area contributed by atoms with Gasteiger partial charge in [-0.15, -0.1) is 0 Å². The van der Waals surface area contributed by atoms with Crippen molar-refractivity contribution in [3.8, 4) is 5.75 Å². The number of hydrogen-bond donors (Lipinski definition) is 3. The van der Waals surface area contributed by atoms with Crippen LogP contribution in [0.2, 0.25) is 10.0 Å². The Balaban J connectivity index is 1.44. The number of nitrogens with one attached hydrogen (secondary N) is 3.